The van der Waals surface area contributed by atoms with E-state index >= 15 is 0 Å². The molecule has 1 aromatic carbocycles. The smallest absolute Gasteiger partial charge is 0.323 e. The normalized spacial score (nSPS) is 16.1. The summed E-state index contributed by atoms with van der Waals surface area (Å²) in [6, 6.07) is 5.51. The SMILES string of the molecule is O=C(Nc1nc2ccc(Cl)cc2s1)N1CCCCCC1. The zero-order chi connectivity index (χ0) is 13.9. The quantitative estimate of drug-likeness (QED) is 0.850. The molecule has 2 amide bonds. The Morgan fingerprint density at radius 3 is 2.75 bits per heavy atom. The van der Waals surface area contributed by atoms with Crippen LogP contribution in [0.2, 0.25) is 5.02 Å². The van der Waals surface area contributed by atoms with Gasteiger partial charge in [-0.3, -0.25) is 5.32 Å². The van der Waals surface area contributed by atoms with Crippen molar-refractivity contribution in [3.05, 3.63) is 23.2 Å². The number of benzene rings is 1. The number of nitrogens with zero attached hydrogens (tertiary/aromatic N) is 2. The first-order valence-electron chi connectivity index (χ1n) is 6.84. The van der Waals surface area contributed by atoms with E-state index in [4.69, 9.17) is 11.6 Å². The van der Waals surface area contributed by atoms with Crippen LogP contribution >= 0.6 is 22.9 Å². The van der Waals surface area contributed by atoms with E-state index < -0.39 is 0 Å². The Hall–Kier alpha value is -1.33. The van der Waals surface area contributed by atoms with Crippen LogP contribution in [0.5, 0.6) is 0 Å². The van der Waals surface area contributed by atoms with Crippen LogP contribution in [0.25, 0.3) is 10.2 Å². The highest BCUT2D eigenvalue weighted by Crippen LogP contribution is 2.28. The van der Waals surface area contributed by atoms with Crippen LogP contribution < -0.4 is 5.32 Å². The predicted octanol–water partition coefficient (Wildman–Crippen LogP) is 4.36. The van der Waals surface area contributed by atoms with Crippen molar-refractivity contribution >= 4 is 44.3 Å². The first kappa shape index (κ1) is 13.6. The number of fused-ring (bicyclic) bond motifs is 1. The topological polar surface area (TPSA) is 45.2 Å². The summed E-state index contributed by atoms with van der Waals surface area (Å²) in [6.07, 6.45) is 4.60. The fourth-order valence-electron chi connectivity index (χ4n) is 2.40. The van der Waals surface area contributed by atoms with Crippen LogP contribution in [0.1, 0.15) is 25.7 Å². The molecule has 0 saturated carbocycles. The minimum atomic E-state index is -0.0444. The van der Waals surface area contributed by atoms with Crippen molar-refractivity contribution in [1.82, 2.24) is 9.88 Å². The van der Waals surface area contributed by atoms with Crippen molar-refractivity contribution in [2.45, 2.75) is 25.7 Å². The van der Waals surface area contributed by atoms with Gasteiger partial charge in [0, 0.05) is 18.1 Å². The molecule has 1 aliphatic heterocycles. The summed E-state index contributed by atoms with van der Waals surface area (Å²) in [5, 5.41) is 4.22. The Bertz CT molecular complexity index is 620. The molecule has 2 aromatic rings. The number of nitrogens with one attached hydrogen (secondary N) is 1. The Morgan fingerprint density at radius 1 is 1.25 bits per heavy atom. The van der Waals surface area contributed by atoms with Gasteiger partial charge in [-0.15, -0.1) is 0 Å². The molecule has 2 heterocycles. The molecule has 4 nitrogen and oxygen atoms in total. The number of hydrogen-bond donors (Lipinski definition) is 1. The lowest BCUT2D eigenvalue weighted by Crippen LogP contribution is -2.35. The zero-order valence-corrected chi connectivity index (χ0v) is 12.6. The summed E-state index contributed by atoms with van der Waals surface area (Å²) in [6.45, 7) is 1.67. The van der Waals surface area contributed by atoms with Gasteiger partial charge in [-0.2, -0.15) is 0 Å². The molecule has 1 aliphatic rings. The molecule has 0 unspecified atom stereocenters. The van der Waals surface area contributed by atoms with Crippen LogP contribution in [0.15, 0.2) is 18.2 Å². The maximum Gasteiger partial charge on any atom is 0.323 e. The average molecular weight is 310 g/mol. The second-order valence-electron chi connectivity index (χ2n) is 4.96. The number of carbonyl (C=O) groups excluding carboxylic acids is 1. The summed E-state index contributed by atoms with van der Waals surface area (Å²) in [7, 11) is 0. The number of thiazole rings is 1. The third-order valence-corrected chi connectivity index (χ3v) is 4.63. The van der Waals surface area contributed by atoms with Gasteiger partial charge in [0.05, 0.1) is 10.2 Å². The number of aromatic nitrogens is 1. The van der Waals surface area contributed by atoms with Gasteiger partial charge in [0.1, 0.15) is 0 Å². The second kappa shape index (κ2) is 5.97. The molecule has 0 atom stereocenters. The van der Waals surface area contributed by atoms with E-state index in [9.17, 15) is 4.79 Å². The molecule has 3 rings (SSSR count). The van der Waals surface area contributed by atoms with E-state index in [2.05, 4.69) is 10.3 Å². The van der Waals surface area contributed by atoms with Crippen LogP contribution in [0.3, 0.4) is 0 Å². The molecule has 1 aromatic heterocycles. The van der Waals surface area contributed by atoms with Gasteiger partial charge in [-0.1, -0.05) is 35.8 Å². The average Bonchev–Trinajstić information content (AvgIpc) is 2.64. The maximum atomic E-state index is 12.2. The molecule has 1 fully saturated rings. The zero-order valence-electron chi connectivity index (χ0n) is 11.1. The van der Waals surface area contributed by atoms with Gasteiger partial charge < -0.3 is 4.90 Å². The van der Waals surface area contributed by atoms with Crippen LogP contribution in [0.4, 0.5) is 9.93 Å². The van der Waals surface area contributed by atoms with Crippen molar-refractivity contribution in [3.63, 3.8) is 0 Å². The minimum Gasteiger partial charge on any atom is -0.324 e. The highest BCUT2D eigenvalue weighted by molar-refractivity contribution is 7.22. The standard InChI is InChI=1S/C14H16ClN3OS/c15-10-5-6-11-12(9-10)20-13(16-11)17-14(19)18-7-3-1-2-4-8-18/h5-6,9H,1-4,7-8H2,(H,16,17,19). The molecular formula is C14H16ClN3OS. The number of likely N-dealkylation sites (tertiary alicyclic amines) is 1. The van der Waals surface area contributed by atoms with Crippen molar-refractivity contribution < 1.29 is 4.79 Å². The van der Waals surface area contributed by atoms with Gasteiger partial charge in [-0.25, -0.2) is 9.78 Å². The maximum absolute atomic E-state index is 12.2. The predicted molar refractivity (Wildman–Crippen MR) is 83.7 cm³/mol. The minimum absolute atomic E-state index is 0.0444. The number of halogens is 1. The molecule has 1 N–H and O–H groups in total. The van der Waals surface area contributed by atoms with Crippen LogP contribution in [-0.2, 0) is 0 Å². The summed E-state index contributed by atoms with van der Waals surface area (Å²) >= 11 is 7.41. The number of anilines is 1. The first-order chi connectivity index (χ1) is 9.72. The molecule has 0 spiro atoms. The van der Waals surface area contributed by atoms with Crippen molar-refractivity contribution in [2.24, 2.45) is 0 Å². The largest absolute Gasteiger partial charge is 0.324 e. The van der Waals surface area contributed by atoms with E-state index in [1.807, 2.05) is 23.1 Å². The van der Waals surface area contributed by atoms with E-state index in [-0.39, 0.29) is 6.03 Å². The number of amides is 2. The second-order valence-corrected chi connectivity index (χ2v) is 6.43. The van der Waals surface area contributed by atoms with Gasteiger partial charge >= 0.3 is 6.03 Å². The number of urea groups is 1. The van der Waals surface area contributed by atoms with Gasteiger partial charge in [0.2, 0.25) is 0 Å². The van der Waals surface area contributed by atoms with Crippen LogP contribution in [-0.4, -0.2) is 29.0 Å². The summed E-state index contributed by atoms with van der Waals surface area (Å²) in [5.74, 6) is 0. The highest BCUT2D eigenvalue weighted by atomic mass is 35.5. The number of carbonyl (C=O) groups is 1. The number of hydrogen-bond acceptors (Lipinski definition) is 3. The lowest BCUT2D eigenvalue weighted by atomic mass is 10.2. The summed E-state index contributed by atoms with van der Waals surface area (Å²) in [5.41, 5.74) is 0.866. The molecule has 106 valence electrons. The summed E-state index contributed by atoms with van der Waals surface area (Å²) in [4.78, 5) is 18.5. The van der Waals surface area contributed by atoms with Gasteiger partial charge in [0.15, 0.2) is 5.13 Å². The summed E-state index contributed by atoms with van der Waals surface area (Å²) < 4.78 is 0.990. The van der Waals surface area contributed by atoms with E-state index in [1.165, 1.54) is 24.2 Å². The third kappa shape index (κ3) is 3.04. The lowest BCUT2D eigenvalue weighted by Gasteiger charge is -2.19. The Kier molecular flexibility index (Phi) is 4.08. The Balaban J connectivity index is 1.73. The first-order valence-corrected chi connectivity index (χ1v) is 8.04. The third-order valence-electron chi connectivity index (χ3n) is 3.46. The monoisotopic (exact) mass is 309 g/mol. The highest BCUT2D eigenvalue weighted by Gasteiger charge is 2.16. The fraction of sp³-hybridized carbons (Fsp3) is 0.429. The Morgan fingerprint density at radius 2 is 2.00 bits per heavy atom. The molecule has 0 bridgehead atoms. The van der Waals surface area contributed by atoms with E-state index in [0.29, 0.717) is 10.2 Å². The molecule has 6 heteroatoms. The van der Waals surface area contributed by atoms with E-state index in [1.54, 1.807) is 0 Å². The van der Waals surface area contributed by atoms with E-state index in [0.717, 1.165) is 36.1 Å². The van der Waals surface area contributed by atoms with Gasteiger partial charge in [0.25, 0.3) is 0 Å². The molecule has 0 aliphatic carbocycles. The lowest BCUT2D eigenvalue weighted by molar-refractivity contribution is 0.214. The van der Waals surface area contributed by atoms with Crippen molar-refractivity contribution in [1.29, 1.82) is 0 Å². The van der Waals surface area contributed by atoms with Crippen molar-refractivity contribution in [2.75, 3.05) is 18.4 Å². The fourth-order valence-corrected chi connectivity index (χ4v) is 3.53. The Labute approximate surface area is 126 Å². The molecule has 20 heavy (non-hydrogen) atoms. The number of rotatable bonds is 1. The molecular weight excluding hydrogens is 294 g/mol. The van der Waals surface area contributed by atoms with Crippen molar-refractivity contribution in [3.8, 4) is 0 Å². The molecule has 0 radical (unpaired) electrons. The van der Waals surface area contributed by atoms with Crippen LogP contribution in [0, 0.1) is 0 Å². The van der Waals surface area contributed by atoms with Gasteiger partial charge in [-0.05, 0) is 31.0 Å². The molecule has 1 saturated heterocycles.